The molecule has 1 aromatic heterocycles. The molecule has 0 amide bonds. The van der Waals surface area contributed by atoms with Gasteiger partial charge in [0.05, 0.1) is 12.6 Å². The van der Waals surface area contributed by atoms with Crippen molar-refractivity contribution < 1.29 is 10.2 Å². The first-order chi connectivity index (χ1) is 13.6. The number of hydrogen-bond acceptors (Lipinski definition) is 4. The average molecular weight is 418 g/mol. The number of rotatable bonds is 7. The van der Waals surface area contributed by atoms with Gasteiger partial charge in [-0.15, -0.1) is 11.3 Å². The van der Waals surface area contributed by atoms with Crippen LogP contribution in [0.4, 0.5) is 0 Å². The number of benzene rings is 2. The van der Waals surface area contributed by atoms with E-state index in [4.69, 9.17) is 11.6 Å². The zero-order valence-electron chi connectivity index (χ0n) is 15.6. The Hall–Kier alpha value is -2.12. The Morgan fingerprint density at radius 2 is 1.82 bits per heavy atom. The van der Waals surface area contributed by atoms with Crippen LogP contribution in [-0.4, -0.2) is 35.8 Å². The van der Waals surface area contributed by atoms with E-state index in [9.17, 15) is 10.2 Å². The van der Waals surface area contributed by atoms with E-state index in [1.807, 2.05) is 49.4 Å². The van der Waals surface area contributed by atoms with Crippen molar-refractivity contribution in [2.75, 3.05) is 19.6 Å². The van der Waals surface area contributed by atoms with E-state index >= 15 is 0 Å². The lowest BCUT2D eigenvalue weighted by Crippen LogP contribution is -2.39. The largest absolute Gasteiger partial charge is 0.387 e. The van der Waals surface area contributed by atoms with Crippen LogP contribution in [0.5, 0.6) is 0 Å². The smallest absolute Gasteiger partial charge is 0.191 e. The molecule has 148 valence electrons. The van der Waals surface area contributed by atoms with Gasteiger partial charge in [0, 0.05) is 33.3 Å². The van der Waals surface area contributed by atoms with E-state index in [0.29, 0.717) is 23.1 Å². The molecular weight excluding hydrogens is 394 g/mol. The van der Waals surface area contributed by atoms with Crippen molar-refractivity contribution >= 4 is 39.0 Å². The third-order valence-electron chi connectivity index (χ3n) is 4.27. The standard InChI is InChI=1S/C21H24ClN3O2S/c1-2-23-21(24-12-17(26)15-8-4-5-9-16(15)22)25-13-18(27)20-11-14-7-3-6-10-19(14)28-20/h3-11,17-18,26-27H,2,12-13H2,1H3,(H2,23,24,25). The fourth-order valence-corrected chi connectivity index (χ4v) is 4.13. The monoisotopic (exact) mass is 417 g/mol. The SMILES string of the molecule is CCNC(=NCC(O)c1cc2ccccc2s1)NCC(O)c1ccccc1Cl. The molecule has 0 saturated carbocycles. The van der Waals surface area contributed by atoms with Crippen LogP contribution >= 0.6 is 22.9 Å². The second-order valence-electron chi connectivity index (χ2n) is 6.34. The molecule has 0 bridgehead atoms. The highest BCUT2D eigenvalue weighted by Crippen LogP contribution is 2.29. The van der Waals surface area contributed by atoms with Gasteiger partial charge in [-0.1, -0.05) is 48.0 Å². The minimum atomic E-state index is -0.759. The van der Waals surface area contributed by atoms with Gasteiger partial charge in [-0.25, -0.2) is 0 Å². The van der Waals surface area contributed by atoms with Crippen LogP contribution in [0, 0.1) is 0 Å². The number of nitrogens with zero attached hydrogens (tertiary/aromatic N) is 1. The molecule has 0 spiro atoms. The maximum atomic E-state index is 10.5. The third-order valence-corrected chi connectivity index (χ3v) is 5.83. The van der Waals surface area contributed by atoms with E-state index in [0.717, 1.165) is 15.0 Å². The lowest BCUT2D eigenvalue weighted by Gasteiger charge is -2.17. The maximum Gasteiger partial charge on any atom is 0.191 e. The van der Waals surface area contributed by atoms with E-state index in [2.05, 4.69) is 15.6 Å². The van der Waals surface area contributed by atoms with Crippen LogP contribution in [0.3, 0.4) is 0 Å². The van der Waals surface area contributed by atoms with Crippen LogP contribution in [0.2, 0.25) is 5.02 Å². The van der Waals surface area contributed by atoms with Gasteiger partial charge < -0.3 is 20.8 Å². The zero-order valence-corrected chi connectivity index (χ0v) is 17.2. The van der Waals surface area contributed by atoms with Crippen LogP contribution in [0.1, 0.15) is 29.6 Å². The van der Waals surface area contributed by atoms with E-state index < -0.39 is 12.2 Å². The van der Waals surface area contributed by atoms with E-state index in [1.165, 1.54) is 0 Å². The minimum absolute atomic E-state index is 0.227. The van der Waals surface area contributed by atoms with Crippen molar-refractivity contribution in [3.8, 4) is 0 Å². The number of hydrogen-bond donors (Lipinski definition) is 4. The molecule has 7 heteroatoms. The molecule has 3 aromatic rings. The summed E-state index contributed by atoms with van der Waals surface area (Å²) in [5, 5.41) is 28.8. The Bertz CT molecular complexity index is 911. The Balaban J connectivity index is 1.62. The summed E-state index contributed by atoms with van der Waals surface area (Å²) in [5.74, 6) is 0.536. The molecule has 0 radical (unpaired) electrons. The summed E-state index contributed by atoms with van der Waals surface area (Å²) in [6.07, 6.45) is -1.44. The molecule has 5 nitrogen and oxygen atoms in total. The van der Waals surface area contributed by atoms with Gasteiger partial charge in [-0.3, -0.25) is 4.99 Å². The molecule has 0 saturated heterocycles. The second-order valence-corrected chi connectivity index (χ2v) is 7.86. The first kappa shape index (κ1) is 20.6. The van der Waals surface area contributed by atoms with Gasteiger partial charge in [-0.05, 0) is 30.5 Å². The van der Waals surface area contributed by atoms with Gasteiger partial charge in [0.25, 0.3) is 0 Å². The summed E-state index contributed by atoms with van der Waals surface area (Å²) in [7, 11) is 0. The number of fused-ring (bicyclic) bond motifs is 1. The molecule has 0 aliphatic heterocycles. The molecule has 1 heterocycles. The van der Waals surface area contributed by atoms with Gasteiger partial charge in [0.1, 0.15) is 6.10 Å². The summed E-state index contributed by atoms with van der Waals surface area (Å²) < 4.78 is 1.15. The Morgan fingerprint density at radius 1 is 1.07 bits per heavy atom. The van der Waals surface area contributed by atoms with Crippen molar-refractivity contribution in [2.45, 2.75) is 19.1 Å². The molecule has 2 atom stereocenters. The van der Waals surface area contributed by atoms with Crippen LogP contribution in [-0.2, 0) is 0 Å². The Morgan fingerprint density at radius 3 is 2.57 bits per heavy atom. The first-order valence-electron chi connectivity index (χ1n) is 9.19. The zero-order chi connectivity index (χ0) is 19.9. The summed E-state index contributed by atoms with van der Waals surface area (Å²) in [5.41, 5.74) is 0.665. The molecule has 0 aliphatic carbocycles. The molecule has 28 heavy (non-hydrogen) atoms. The third kappa shape index (κ3) is 5.23. The lowest BCUT2D eigenvalue weighted by molar-refractivity contribution is 0.180. The minimum Gasteiger partial charge on any atom is -0.387 e. The van der Waals surface area contributed by atoms with Crippen molar-refractivity contribution in [3.63, 3.8) is 0 Å². The number of aliphatic hydroxyl groups excluding tert-OH is 2. The predicted molar refractivity (Wildman–Crippen MR) is 117 cm³/mol. The number of guanidine groups is 1. The van der Waals surface area contributed by atoms with Crippen LogP contribution < -0.4 is 10.6 Å². The quantitative estimate of drug-likeness (QED) is 0.347. The molecule has 2 unspecified atom stereocenters. The van der Waals surface area contributed by atoms with E-state index in [-0.39, 0.29) is 13.1 Å². The summed E-state index contributed by atoms with van der Waals surface area (Å²) in [6, 6.07) is 17.3. The van der Waals surface area contributed by atoms with Gasteiger partial charge in [-0.2, -0.15) is 0 Å². The fourth-order valence-electron chi connectivity index (χ4n) is 2.82. The van der Waals surface area contributed by atoms with Crippen molar-refractivity contribution in [1.82, 2.24) is 10.6 Å². The van der Waals surface area contributed by atoms with Crippen LogP contribution in [0.15, 0.2) is 59.6 Å². The number of aliphatic hydroxyl groups is 2. The van der Waals surface area contributed by atoms with Gasteiger partial charge >= 0.3 is 0 Å². The highest BCUT2D eigenvalue weighted by Gasteiger charge is 2.13. The Labute approximate surface area is 173 Å². The summed E-state index contributed by atoms with van der Waals surface area (Å²) in [4.78, 5) is 5.34. The fraction of sp³-hybridized carbons (Fsp3) is 0.286. The molecule has 0 aliphatic rings. The summed E-state index contributed by atoms with van der Waals surface area (Å²) >= 11 is 7.71. The molecule has 2 aromatic carbocycles. The van der Waals surface area contributed by atoms with Crippen molar-refractivity contribution in [3.05, 3.63) is 70.1 Å². The molecule has 3 rings (SSSR count). The van der Waals surface area contributed by atoms with Crippen LogP contribution in [0.25, 0.3) is 10.1 Å². The average Bonchev–Trinajstić information content (AvgIpc) is 3.14. The first-order valence-corrected chi connectivity index (χ1v) is 10.4. The second kappa shape index (κ2) is 9.89. The number of halogens is 1. The van der Waals surface area contributed by atoms with Crippen molar-refractivity contribution in [2.24, 2.45) is 4.99 Å². The molecule has 4 N–H and O–H groups in total. The number of nitrogens with one attached hydrogen (secondary N) is 2. The van der Waals surface area contributed by atoms with Crippen molar-refractivity contribution in [1.29, 1.82) is 0 Å². The summed E-state index contributed by atoms with van der Waals surface area (Å²) in [6.45, 7) is 3.12. The maximum absolute atomic E-state index is 10.5. The number of aliphatic imine (C=N–C) groups is 1. The molecular formula is C21H24ClN3O2S. The van der Waals surface area contributed by atoms with Gasteiger partial charge in [0.15, 0.2) is 5.96 Å². The van der Waals surface area contributed by atoms with E-state index in [1.54, 1.807) is 23.5 Å². The lowest BCUT2D eigenvalue weighted by atomic mass is 10.1. The topological polar surface area (TPSA) is 76.9 Å². The number of thiophene rings is 1. The highest BCUT2D eigenvalue weighted by atomic mass is 35.5. The Kier molecular flexibility index (Phi) is 7.28. The highest BCUT2D eigenvalue weighted by molar-refractivity contribution is 7.19. The molecule has 0 fully saturated rings. The van der Waals surface area contributed by atoms with Gasteiger partial charge in [0.2, 0.25) is 0 Å². The predicted octanol–water partition coefficient (Wildman–Crippen LogP) is 3.88. The normalized spacial score (nSPS) is 14.1.